The fraction of sp³-hybridized carbons (Fsp3) is 0.700. The van der Waals surface area contributed by atoms with Gasteiger partial charge in [-0.05, 0) is 44.8 Å². The molecule has 2 heterocycles. The van der Waals surface area contributed by atoms with Gasteiger partial charge in [0.1, 0.15) is 0 Å². The molecule has 1 saturated carbocycles. The number of aromatic nitrogens is 1. The molecule has 0 spiro atoms. The van der Waals surface area contributed by atoms with Crippen molar-refractivity contribution in [3.8, 4) is 0 Å². The van der Waals surface area contributed by atoms with E-state index in [1.54, 1.807) is 19.3 Å². The van der Waals surface area contributed by atoms with Crippen molar-refractivity contribution in [2.24, 2.45) is 7.05 Å². The molecule has 138 valence electrons. The number of hydrogen-bond donors (Lipinski definition) is 0. The van der Waals surface area contributed by atoms with E-state index in [2.05, 4.69) is 4.90 Å². The molecule has 0 atom stereocenters. The average Bonchev–Trinajstić information content (AvgIpc) is 2.65. The van der Waals surface area contributed by atoms with Crippen molar-refractivity contribution < 1.29 is 4.79 Å². The number of carbonyl (C=O) groups is 1. The van der Waals surface area contributed by atoms with E-state index < -0.39 is 0 Å². The maximum Gasteiger partial charge on any atom is 0.255 e. The smallest absolute Gasteiger partial charge is 0.255 e. The first-order chi connectivity index (χ1) is 12.0. The lowest BCUT2D eigenvalue weighted by molar-refractivity contribution is 0.00988. The first kappa shape index (κ1) is 18.2. The van der Waals surface area contributed by atoms with Gasteiger partial charge in [0.2, 0.25) is 5.56 Å². The first-order valence-corrected chi connectivity index (χ1v) is 9.69. The van der Waals surface area contributed by atoms with Crippen LogP contribution < -0.4 is 5.56 Å². The molecule has 2 aliphatic rings. The van der Waals surface area contributed by atoms with Gasteiger partial charge in [0, 0.05) is 38.4 Å². The number of likely N-dealkylation sites (N-methyl/N-ethyl adjacent to an activating group) is 1. The lowest BCUT2D eigenvalue weighted by atomic mass is 9.78. The summed E-state index contributed by atoms with van der Waals surface area (Å²) in [5, 5.41) is 0. The second-order valence-electron chi connectivity index (χ2n) is 7.86. The number of amides is 1. The van der Waals surface area contributed by atoms with Crippen molar-refractivity contribution in [2.75, 3.05) is 26.7 Å². The van der Waals surface area contributed by atoms with Crippen LogP contribution in [-0.2, 0) is 7.05 Å². The van der Waals surface area contributed by atoms with E-state index in [-0.39, 0.29) is 17.0 Å². The van der Waals surface area contributed by atoms with E-state index in [9.17, 15) is 9.59 Å². The Balaban J connectivity index is 1.77. The SMILES string of the molecule is CN(CC1(N2CCCCC2)CCCCC1)C(=O)c1ccc(=O)n(C)c1. The zero-order valence-corrected chi connectivity index (χ0v) is 15.7. The summed E-state index contributed by atoms with van der Waals surface area (Å²) < 4.78 is 1.47. The second-order valence-corrected chi connectivity index (χ2v) is 7.86. The minimum Gasteiger partial charge on any atom is -0.340 e. The molecular weight excluding hydrogens is 314 g/mol. The van der Waals surface area contributed by atoms with Crippen molar-refractivity contribution in [1.29, 1.82) is 0 Å². The lowest BCUT2D eigenvalue weighted by Crippen LogP contribution is -2.58. The highest BCUT2D eigenvalue weighted by Gasteiger charge is 2.40. The quantitative estimate of drug-likeness (QED) is 0.843. The Bertz CT molecular complexity index is 655. The maximum absolute atomic E-state index is 12.9. The van der Waals surface area contributed by atoms with Gasteiger partial charge >= 0.3 is 0 Å². The maximum atomic E-state index is 12.9. The summed E-state index contributed by atoms with van der Waals surface area (Å²) >= 11 is 0. The summed E-state index contributed by atoms with van der Waals surface area (Å²) in [6.07, 6.45) is 11.8. The van der Waals surface area contributed by atoms with Gasteiger partial charge in [-0.2, -0.15) is 0 Å². The Hall–Kier alpha value is -1.62. The van der Waals surface area contributed by atoms with Crippen molar-refractivity contribution >= 4 is 5.91 Å². The van der Waals surface area contributed by atoms with Crippen molar-refractivity contribution in [3.05, 3.63) is 34.2 Å². The highest BCUT2D eigenvalue weighted by Crippen LogP contribution is 2.36. The number of carbonyl (C=O) groups excluding carboxylic acids is 1. The van der Waals surface area contributed by atoms with Crippen LogP contribution in [0.25, 0.3) is 0 Å². The predicted molar refractivity (Wildman–Crippen MR) is 99.9 cm³/mol. The Morgan fingerprint density at radius 3 is 2.36 bits per heavy atom. The third-order valence-corrected chi connectivity index (χ3v) is 6.02. The Kier molecular flexibility index (Phi) is 5.62. The van der Waals surface area contributed by atoms with Gasteiger partial charge in [0.15, 0.2) is 0 Å². The van der Waals surface area contributed by atoms with Gasteiger partial charge in [0.25, 0.3) is 5.91 Å². The molecule has 0 N–H and O–H groups in total. The second kappa shape index (κ2) is 7.73. The van der Waals surface area contributed by atoms with E-state index in [1.807, 2.05) is 11.9 Å². The van der Waals surface area contributed by atoms with Gasteiger partial charge in [-0.3, -0.25) is 14.5 Å². The molecule has 3 rings (SSSR count). The first-order valence-electron chi connectivity index (χ1n) is 9.69. The number of hydrogen-bond acceptors (Lipinski definition) is 3. The molecule has 2 fully saturated rings. The van der Waals surface area contributed by atoms with Crippen molar-refractivity contribution in [2.45, 2.75) is 56.9 Å². The largest absolute Gasteiger partial charge is 0.340 e. The summed E-state index contributed by atoms with van der Waals surface area (Å²) in [6.45, 7) is 3.12. The van der Waals surface area contributed by atoms with E-state index in [4.69, 9.17) is 0 Å². The standard InChI is InChI=1S/C20H31N3O2/c1-21-15-17(9-10-18(21)24)19(25)22(2)16-20(11-5-3-6-12-20)23-13-7-4-8-14-23/h9-10,15H,3-8,11-14,16H2,1-2H3. The van der Waals surface area contributed by atoms with Gasteiger partial charge < -0.3 is 9.47 Å². The minimum atomic E-state index is -0.0868. The molecule has 1 aliphatic carbocycles. The van der Waals surface area contributed by atoms with Crippen LogP contribution in [0.5, 0.6) is 0 Å². The Labute approximate surface area is 150 Å². The van der Waals surface area contributed by atoms with Crippen LogP contribution in [0.1, 0.15) is 61.7 Å². The van der Waals surface area contributed by atoms with Gasteiger partial charge in [-0.1, -0.05) is 25.7 Å². The normalized spacial score (nSPS) is 21.0. The molecule has 1 aliphatic heterocycles. The molecule has 0 unspecified atom stereocenters. The molecule has 1 aromatic heterocycles. The molecule has 0 aromatic carbocycles. The fourth-order valence-corrected chi connectivity index (χ4v) is 4.61. The molecule has 1 aromatic rings. The van der Waals surface area contributed by atoms with Crippen LogP contribution in [0.4, 0.5) is 0 Å². The summed E-state index contributed by atoms with van der Waals surface area (Å²) in [7, 11) is 3.60. The van der Waals surface area contributed by atoms with Crippen molar-refractivity contribution in [3.63, 3.8) is 0 Å². The monoisotopic (exact) mass is 345 g/mol. The van der Waals surface area contributed by atoms with E-state index in [1.165, 1.54) is 75.1 Å². The Morgan fingerprint density at radius 1 is 1.08 bits per heavy atom. The van der Waals surface area contributed by atoms with Gasteiger partial charge in [0.05, 0.1) is 5.56 Å². The van der Waals surface area contributed by atoms with Gasteiger partial charge in [-0.25, -0.2) is 0 Å². The highest BCUT2D eigenvalue weighted by molar-refractivity contribution is 5.93. The Morgan fingerprint density at radius 2 is 1.72 bits per heavy atom. The highest BCUT2D eigenvalue weighted by atomic mass is 16.2. The van der Waals surface area contributed by atoms with Crippen molar-refractivity contribution in [1.82, 2.24) is 14.4 Å². The number of pyridine rings is 1. The topological polar surface area (TPSA) is 45.6 Å². The third kappa shape index (κ3) is 3.97. The molecule has 5 heteroatoms. The summed E-state index contributed by atoms with van der Waals surface area (Å²) in [4.78, 5) is 29.0. The van der Waals surface area contributed by atoms with Crippen LogP contribution >= 0.6 is 0 Å². The van der Waals surface area contributed by atoms with E-state index in [0.717, 1.165) is 6.54 Å². The number of aryl methyl sites for hydroxylation is 1. The van der Waals surface area contributed by atoms with Gasteiger partial charge in [-0.15, -0.1) is 0 Å². The number of likely N-dealkylation sites (tertiary alicyclic amines) is 1. The van der Waals surface area contributed by atoms with E-state index >= 15 is 0 Å². The zero-order valence-electron chi connectivity index (χ0n) is 15.7. The number of piperidine rings is 1. The van der Waals surface area contributed by atoms with Crippen LogP contribution in [0.3, 0.4) is 0 Å². The number of nitrogens with zero attached hydrogens (tertiary/aromatic N) is 3. The molecule has 1 amide bonds. The molecular formula is C20H31N3O2. The predicted octanol–water partition coefficient (Wildman–Crippen LogP) is 2.65. The summed E-state index contributed by atoms with van der Waals surface area (Å²) in [6, 6.07) is 3.12. The minimum absolute atomic E-state index is 0.0116. The third-order valence-electron chi connectivity index (χ3n) is 6.02. The van der Waals surface area contributed by atoms with Crippen LogP contribution in [0.15, 0.2) is 23.1 Å². The summed E-state index contributed by atoms with van der Waals surface area (Å²) in [5.41, 5.74) is 0.648. The molecule has 25 heavy (non-hydrogen) atoms. The summed E-state index contributed by atoms with van der Waals surface area (Å²) in [5.74, 6) is 0.0116. The number of rotatable bonds is 4. The molecule has 0 bridgehead atoms. The molecule has 0 radical (unpaired) electrons. The molecule has 5 nitrogen and oxygen atoms in total. The van der Waals surface area contributed by atoms with E-state index in [0.29, 0.717) is 5.56 Å². The van der Waals surface area contributed by atoms with Crippen LogP contribution in [-0.4, -0.2) is 52.5 Å². The molecule has 1 saturated heterocycles. The van der Waals surface area contributed by atoms with Crippen LogP contribution in [0, 0.1) is 0 Å². The average molecular weight is 345 g/mol. The zero-order chi connectivity index (χ0) is 17.9. The lowest BCUT2D eigenvalue weighted by Gasteiger charge is -2.49. The fourth-order valence-electron chi connectivity index (χ4n) is 4.61. The van der Waals surface area contributed by atoms with Crippen LogP contribution in [0.2, 0.25) is 0 Å².